The first-order chi connectivity index (χ1) is 11.9. The van der Waals surface area contributed by atoms with Gasteiger partial charge < -0.3 is 14.2 Å². The summed E-state index contributed by atoms with van der Waals surface area (Å²) >= 11 is 0. The molecular weight excluding hydrogens is 316 g/mol. The Morgan fingerprint density at radius 1 is 1.04 bits per heavy atom. The molecule has 0 saturated heterocycles. The van der Waals surface area contributed by atoms with Crippen LogP contribution >= 0.6 is 0 Å². The van der Waals surface area contributed by atoms with Gasteiger partial charge in [0.25, 0.3) is 0 Å². The maximum Gasteiger partial charge on any atom is 0.349 e. The van der Waals surface area contributed by atoms with Crippen LogP contribution in [0.4, 0.5) is 0 Å². The minimum Gasteiger partial charge on any atom is -0.488 e. The molecule has 0 saturated carbocycles. The van der Waals surface area contributed by atoms with Gasteiger partial charge in [-0.05, 0) is 29.5 Å². The quantitative estimate of drug-likeness (QED) is 0.737. The minimum absolute atomic E-state index is 0.383. The average molecular weight is 340 g/mol. The Balaban J connectivity index is 1.99. The molecule has 0 radical (unpaired) electrons. The van der Waals surface area contributed by atoms with E-state index in [1.165, 1.54) is 0 Å². The highest BCUT2D eigenvalue weighted by molar-refractivity contribution is 5.97. The molecule has 1 heterocycles. The van der Waals surface area contributed by atoms with Crippen molar-refractivity contribution in [3.8, 4) is 11.5 Å². The molecule has 25 heavy (non-hydrogen) atoms. The molecule has 4 heteroatoms. The summed E-state index contributed by atoms with van der Waals surface area (Å²) < 4.78 is 17.3. The third kappa shape index (κ3) is 3.95. The Bertz CT molecular complexity index is 763. The number of hydrogen-bond donors (Lipinski definition) is 0. The molecule has 0 N–H and O–H groups in total. The molecule has 0 aliphatic carbocycles. The zero-order chi connectivity index (χ0) is 18.0. The number of esters is 1. The monoisotopic (exact) mass is 340 g/mol. The standard InChI is InChI=1S/C21H24O4/c1-14(2)12-16-10-11-17-18(20(22)25-21(3,4)24-17)19(16)23-13-15-8-6-5-7-9-15/h5-11,14H,12-13H2,1-4H3. The van der Waals surface area contributed by atoms with E-state index in [2.05, 4.69) is 13.8 Å². The molecule has 0 amide bonds. The molecule has 1 aliphatic rings. The van der Waals surface area contributed by atoms with Crippen LogP contribution in [0.2, 0.25) is 0 Å². The van der Waals surface area contributed by atoms with Gasteiger partial charge in [-0.2, -0.15) is 0 Å². The fraction of sp³-hybridized carbons (Fsp3) is 0.381. The van der Waals surface area contributed by atoms with E-state index in [1.54, 1.807) is 13.8 Å². The SMILES string of the molecule is CC(C)Cc1ccc2c(c1OCc1ccccc1)C(=O)OC(C)(C)O2. The van der Waals surface area contributed by atoms with E-state index in [-0.39, 0.29) is 0 Å². The molecule has 0 fully saturated rings. The lowest BCUT2D eigenvalue weighted by molar-refractivity contribution is -0.127. The summed E-state index contributed by atoms with van der Waals surface area (Å²) in [5, 5.41) is 0. The van der Waals surface area contributed by atoms with Crippen molar-refractivity contribution >= 4 is 5.97 Å². The van der Waals surface area contributed by atoms with Crippen LogP contribution in [0.5, 0.6) is 11.5 Å². The van der Waals surface area contributed by atoms with Gasteiger partial charge in [0.2, 0.25) is 5.79 Å². The van der Waals surface area contributed by atoms with Gasteiger partial charge in [-0.1, -0.05) is 50.2 Å². The van der Waals surface area contributed by atoms with Gasteiger partial charge in [0.05, 0.1) is 0 Å². The number of benzene rings is 2. The van der Waals surface area contributed by atoms with E-state index < -0.39 is 11.8 Å². The van der Waals surface area contributed by atoms with Gasteiger partial charge in [0.1, 0.15) is 23.7 Å². The van der Waals surface area contributed by atoms with Crippen molar-refractivity contribution in [2.45, 2.75) is 46.5 Å². The summed E-state index contributed by atoms with van der Waals surface area (Å²) in [5.41, 5.74) is 2.42. The molecule has 0 unspecified atom stereocenters. The predicted molar refractivity (Wildman–Crippen MR) is 95.9 cm³/mol. The molecule has 2 aromatic carbocycles. The number of carbonyl (C=O) groups is 1. The number of rotatable bonds is 5. The van der Waals surface area contributed by atoms with Crippen molar-refractivity contribution in [2.24, 2.45) is 5.92 Å². The number of hydrogen-bond acceptors (Lipinski definition) is 4. The van der Waals surface area contributed by atoms with Crippen molar-refractivity contribution in [2.75, 3.05) is 0 Å². The summed E-state index contributed by atoms with van der Waals surface area (Å²) in [7, 11) is 0. The van der Waals surface area contributed by atoms with Crippen molar-refractivity contribution < 1.29 is 19.0 Å². The van der Waals surface area contributed by atoms with Crippen LogP contribution < -0.4 is 9.47 Å². The highest BCUT2D eigenvalue weighted by Gasteiger charge is 2.37. The lowest BCUT2D eigenvalue weighted by Gasteiger charge is -2.33. The Labute approximate surface area is 148 Å². The summed E-state index contributed by atoms with van der Waals surface area (Å²) in [4.78, 5) is 12.6. The molecule has 0 aromatic heterocycles. The second kappa shape index (κ2) is 6.79. The largest absolute Gasteiger partial charge is 0.488 e. The first-order valence-corrected chi connectivity index (χ1v) is 8.60. The van der Waals surface area contributed by atoms with Gasteiger partial charge in [-0.15, -0.1) is 0 Å². The first-order valence-electron chi connectivity index (χ1n) is 8.60. The zero-order valence-corrected chi connectivity index (χ0v) is 15.2. The summed E-state index contributed by atoms with van der Waals surface area (Å²) in [6.45, 7) is 8.11. The Morgan fingerprint density at radius 3 is 2.44 bits per heavy atom. The second-order valence-corrected chi connectivity index (χ2v) is 7.19. The van der Waals surface area contributed by atoms with Crippen molar-refractivity contribution in [1.82, 2.24) is 0 Å². The van der Waals surface area contributed by atoms with Crippen LogP contribution in [0, 0.1) is 5.92 Å². The van der Waals surface area contributed by atoms with E-state index in [0.717, 1.165) is 17.5 Å². The zero-order valence-electron chi connectivity index (χ0n) is 15.2. The lowest BCUT2D eigenvalue weighted by atomic mass is 9.98. The van der Waals surface area contributed by atoms with Crippen LogP contribution in [0.15, 0.2) is 42.5 Å². The topological polar surface area (TPSA) is 44.8 Å². The van der Waals surface area contributed by atoms with E-state index >= 15 is 0 Å². The highest BCUT2D eigenvalue weighted by Crippen LogP contribution is 2.40. The molecule has 4 nitrogen and oxygen atoms in total. The lowest BCUT2D eigenvalue weighted by Crippen LogP contribution is -2.39. The number of cyclic esters (lactones) is 1. The fourth-order valence-electron chi connectivity index (χ4n) is 2.94. The van der Waals surface area contributed by atoms with Gasteiger partial charge in [0, 0.05) is 13.8 Å². The molecule has 0 atom stereocenters. The van der Waals surface area contributed by atoms with E-state index in [1.807, 2.05) is 42.5 Å². The summed E-state index contributed by atoms with van der Waals surface area (Å²) in [6.07, 6.45) is 0.814. The van der Waals surface area contributed by atoms with Crippen molar-refractivity contribution in [3.63, 3.8) is 0 Å². The normalized spacial score (nSPS) is 15.3. The number of ether oxygens (including phenoxy) is 3. The maximum absolute atomic E-state index is 12.6. The number of fused-ring (bicyclic) bond motifs is 1. The van der Waals surface area contributed by atoms with E-state index in [0.29, 0.717) is 29.6 Å². The molecule has 0 bridgehead atoms. The third-order valence-corrected chi connectivity index (χ3v) is 3.95. The third-order valence-electron chi connectivity index (χ3n) is 3.95. The predicted octanol–water partition coefficient (Wildman–Crippen LogP) is 4.75. The minimum atomic E-state index is -0.972. The average Bonchev–Trinajstić information content (AvgIpc) is 2.53. The van der Waals surface area contributed by atoms with Crippen LogP contribution in [-0.4, -0.2) is 11.8 Å². The maximum atomic E-state index is 12.6. The van der Waals surface area contributed by atoms with Gasteiger partial charge in [-0.3, -0.25) is 0 Å². The molecule has 132 valence electrons. The Morgan fingerprint density at radius 2 is 1.76 bits per heavy atom. The summed E-state index contributed by atoms with van der Waals surface area (Å²) in [6, 6.07) is 13.7. The Hall–Kier alpha value is -2.49. The van der Waals surface area contributed by atoms with Gasteiger partial charge in [0.15, 0.2) is 0 Å². The van der Waals surface area contributed by atoms with Crippen molar-refractivity contribution in [1.29, 1.82) is 0 Å². The van der Waals surface area contributed by atoms with Crippen molar-refractivity contribution in [3.05, 3.63) is 59.2 Å². The van der Waals surface area contributed by atoms with E-state index in [9.17, 15) is 4.79 Å². The molecule has 0 spiro atoms. The van der Waals surface area contributed by atoms with Gasteiger partial charge >= 0.3 is 5.97 Å². The molecule has 1 aliphatic heterocycles. The first kappa shape index (κ1) is 17.3. The van der Waals surface area contributed by atoms with Crippen LogP contribution in [0.25, 0.3) is 0 Å². The molecule has 2 aromatic rings. The van der Waals surface area contributed by atoms with Crippen LogP contribution in [0.3, 0.4) is 0 Å². The summed E-state index contributed by atoms with van der Waals surface area (Å²) in [5.74, 6) is 0.141. The van der Waals surface area contributed by atoms with E-state index in [4.69, 9.17) is 14.2 Å². The number of carbonyl (C=O) groups excluding carboxylic acids is 1. The Kier molecular flexibility index (Phi) is 4.71. The molecular formula is C21H24O4. The smallest absolute Gasteiger partial charge is 0.349 e. The molecule has 3 rings (SSSR count). The van der Waals surface area contributed by atoms with Crippen LogP contribution in [-0.2, 0) is 17.8 Å². The second-order valence-electron chi connectivity index (χ2n) is 7.19. The fourth-order valence-corrected chi connectivity index (χ4v) is 2.94. The van der Waals surface area contributed by atoms with Gasteiger partial charge in [-0.25, -0.2) is 4.79 Å². The highest BCUT2D eigenvalue weighted by atomic mass is 16.7. The van der Waals surface area contributed by atoms with Crippen LogP contribution in [0.1, 0.15) is 49.2 Å².